The standard InChI is InChI=1S/C17H13Br2NS/c1-10-7-12(8-11(2)16(10)19)17-20-15(9-21-17)13-5-3-4-6-14(13)18/h3-9H,1-2H3. The average molecular weight is 423 g/mol. The summed E-state index contributed by atoms with van der Waals surface area (Å²) in [5.41, 5.74) is 5.80. The van der Waals surface area contributed by atoms with E-state index >= 15 is 0 Å². The molecule has 0 amide bonds. The first-order valence-corrected chi connectivity index (χ1v) is 9.00. The third-order valence-corrected chi connectivity index (χ3v) is 6.17. The van der Waals surface area contributed by atoms with E-state index in [4.69, 9.17) is 4.98 Å². The van der Waals surface area contributed by atoms with Gasteiger partial charge in [-0.1, -0.05) is 50.1 Å². The molecule has 4 heteroatoms. The van der Waals surface area contributed by atoms with Gasteiger partial charge in [0.2, 0.25) is 0 Å². The molecule has 0 spiro atoms. The lowest BCUT2D eigenvalue weighted by Crippen LogP contribution is -1.86. The molecule has 1 heterocycles. The Morgan fingerprint density at radius 3 is 2.33 bits per heavy atom. The summed E-state index contributed by atoms with van der Waals surface area (Å²) in [5.74, 6) is 0. The molecule has 0 unspecified atom stereocenters. The molecule has 2 aromatic carbocycles. The van der Waals surface area contributed by atoms with Crippen LogP contribution in [0.3, 0.4) is 0 Å². The van der Waals surface area contributed by atoms with Crippen LogP contribution in [0.15, 0.2) is 50.7 Å². The Morgan fingerprint density at radius 2 is 1.67 bits per heavy atom. The third-order valence-electron chi connectivity index (χ3n) is 3.34. The first kappa shape index (κ1) is 14.9. The van der Waals surface area contributed by atoms with Gasteiger partial charge in [0, 0.05) is 25.5 Å². The summed E-state index contributed by atoms with van der Waals surface area (Å²) in [5, 5.41) is 3.17. The van der Waals surface area contributed by atoms with Gasteiger partial charge < -0.3 is 0 Å². The Kier molecular flexibility index (Phi) is 4.29. The van der Waals surface area contributed by atoms with Crippen molar-refractivity contribution in [2.45, 2.75) is 13.8 Å². The van der Waals surface area contributed by atoms with Crippen LogP contribution >= 0.6 is 43.2 Å². The van der Waals surface area contributed by atoms with Crippen LogP contribution < -0.4 is 0 Å². The highest BCUT2D eigenvalue weighted by Gasteiger charge is 2.11. The van der Waals surface area contributed by atoms with Gasteiger partial charge >= 0.3 is 0 Å². The Hall–Kier alpha value is -0.970. The minimum Gasteiger partial charge on any atom is -0.236 e. The summed E-state index contributed by atoms with van der Waals surface area (Å²) in [6.07, 6.45) is 0. The first-order chi connectivity index (χ1) is 10.1. The second-order valence-electron chi connectivity index (χ2n) is 4.94. The van der Waals surface area contributed by atoms with Gasteiger partial charge in [0.25, 0.3) is 0 Å². The first-order valence-electron chi connectivity index (χ1n) is 6.54. The minimum absolute atomic E-state index is 1.01. The van der Waals surface area contributed by atoms with Crippen LogP contribution in [0.5, 0.6) is 0 Å². The summed E-state index contributed by atoms with van der Waals surface area (Å²) < 4.78 is 2.25. The maximum Gasteiger partial charge on any atom is 0.124 e. The molecule has 0 bridgehead atoms. The number of nitrogens with zero attached hydrogens (tertiary/aromatic N) is 1. The summed E-state index contributed by atoms with van der Waals surface area (Å²) in [4.78, 5) is 4.80. The number of thiazole rings is 1. The van der Waals surface area contributed by atoms with E-state index in [1.54, 1.807) is 11.3 Å². The Balaban J connectivity index is 2.05. The van der Waals surface area contributed by atoms with Crippen LogP contribution in [0.2, 0.25) is 0 Å². The fourth-order valence-corrected chi connectivity index (χ4v) is 3.79. The van der Waals surface area contributed by atoms with E-state index in [0.29, 0.717) is 0 Å². The monoisotopic (exact) mass is 421 g/mol. The molecule has 0 radical (unpaired) electrons. The molecular weight excluding hydrogens is 410 g/mol. The smallest absolute Gasteiger partial charge is 0.124 e. The summed E-state index contributed by atoms with van der Waals surface area (Å²) >= 11 is 8.89. The predicted molar refractivity (Wildman–Crippen MR) is 97.9 cm³/mol. The number of aromatic nitrogens is 1. The Morgan fingerprint density at radius 1 is 1.00 bits per heavy atom. The van der Waals surface area contributed by atoms with Crippen molar-refractivity contribution in [2.24, 2.45) is 0 Å². The van der Waals surface area contributed by atoms with Gasteiger partial charge in [-0.3, -0.25) is 0 Å². The molecule has 0 saturated carbocycles. The van der Waals surface area contributed by atoms with Crippen LogP contribution in [0.4, 0.5) is 0 Å². The predicted octanol–water partition coefficient (Wildman–Crippen LogP) is 6.62. The van der Waals surface area contributed by atoms with E-state index in [9.17, 15) is 0 Å². The van der Waals surface area contributed by atoms with Crippen molar-refractivity contribution in [1.82, 2.24) is 4.98 Å². The molecule has 0 aliphatic heterocycles. The Labute approximate surface area is 145 Å². The molecule has 3 rings (SSSR count). The van der Waals surface area contributed by atoms with Gasteiger partial charge in [-0.05, 0) is 43.2 Å². The quantitative estimate of drug-likeness (QED) is 0.452. The van der Waals surface area contributed by atoms with Crippen molar-refractivity contribution < 1.29 is 0 Å². The SMILES string of the molecule is Cc1cc(-c2nc(-c3ccccc3Br)cs2)cc(C)c1Br. The molecule has 0 saturated heterocycles. The van der Waals surface area contributed by atoms with Crippen molar-refractivity contribution >= 4 is 43.2 Å². The van der Waals surface area contributed by atoms with E-state index in [2.05, 4.69) is 69.3 Å². The number of hydrogen-bond acceptors (Lipinski definition) is 2. The molecule has 21 heavy (non-hydrogen) atoms. The largest absolute Gasteiger partial charge is 0.236 e. The van der Waals surface area contributed by atoms with E-state index in [-0.39, 0.29) is 0 Å². The van der Waals surface area contributed by atoms with Crippen LogP contribution in [0, 0.1) is 13.8 Å². The van der Waals surface area contributed by atoms with Gasteiger partial charge in [-0.15, -0.1) is 11.3 Å². The lowest BCUT2D eigenvalue weighted by Gasteiger charge is -2.05. The molecule has 0 aliphatic rings. The zero-order valence-electron chi connectivity index (χ0n) is 11.7. The normalized spacial score (nSPS) is 10.9. The maximum atomic E-state index is 4.80. The van der Waals surface area contributed by atoms with Crippen molar-refractivity contribution in [3.63, 3.8) is 0 Å². The van der Waals surface area contributed by atoms with E-state index in [1.165, 1.54) is 21.2 Å². The number of aryl methyl sites for hydroxylation is 2. The number of benzene rings is 2. The van der Waals surface area contributed by atoms with Crippen LogP contribution in [0.25, 0.3) is 21.8 Å². The molecule has 1 aromatic heterocycles. The highest BCUT2D eigenvalue weighted by Crippen LogP contribution is 2.34. The van der Waals surface area contributed by atoms with E-state index in [1.807, 2.05) is 18.2 Å². The number of hydrogen-bond donors (Lipinski definition) is 0. The minimum atomic E-state index is 1.01. The molecule has 106 valence electrons. The van der Waals surface area contributed by atoms with Gasteiger partial charge in [0.15, 0.2) is 0 Å². The van der Waals surface area contributed by atoms with Gasteiger partial charge in [-0.25, -0.2) is 4.98 Å². The molecule has 1 nitrogen and oxygen atoms in total. The van der Waals surface area contributed by atoms with Gasteiger partial charge in [-0.2, -0.15) is 0 Å². The molecular formula is C17H13Br2NS. The van der Waals surface area contributed by atoms with Gasteiger partial charge in [0.1, 0.15) is 5.01 Å². The van der Waals surface area contributed by atoms with Crippen molar-refractivity contribution in [3.8, 4) is 21.8 Å². The highest BCUT2D eigenvalue weighted by atomic mass is 79.9. The van der Waals surface area contributed by atoms with E-state index < -0.39 is 0 Å². The van der Waals surface area contributed by atoms with Crippen LogP contribution in [-0.4, -0.2) is 4.98 Å². The second kappa shape index (κ2) is 6.03. The number of rotatable bonds is 2. The average Bonchev–Trinajstić information content (AvgIpc) is 2.94. The Bertz CT molecular complexity index is 785. The van der Waals surface area contributed by atoms with Gasteiger partial charge in [0.05, 0.1) is 5.69 Å². The lowest BCUT2D eigenvalue weighted by molar-refractivity contribution is 1.32. The second-order valence-corrected chi connectivity index (χ2v) is 7.45. The summed E-state index contributed by atoms with van der Waals surface area (Å²) in [6, 6.07) is 12.5. The molecule has 0 N–H and O–H groups in total. The fraction of sp³-hybridized carbons (Fsp3) is 0.118. The van der Waals surface area contributed by atoms with Crippen molar-refractivity contribution in [3.05, 3.63) is 61.9 Å². The summed E-state index contributed by atoms with van der Waals surface area (Å²) in [7, 11) is 0. The highest BCUT2D eigenvalue weighted by molar-refractivity contribution is 9.11. The van der Waals surface area contributed by atoms with E-state index in [0.717, 1.165) is 20.7 Å². The molecule has 0 fully saturated rings. The van der Waals surface area contributed by atoms with Crippen LogP contribution in [0.1, 0.15) is 11.1 Å². The fourth-order valence-electron chi connectivity index (χ4n) is 2.27. The topological polar surface area (TPSA) is 12.9 Å². The summed E-state index contributed by atoms with van der Waals surface area (Å²) in [6.45, 7) is 4.23. The number of halogens is 2. The van der Waals surface area contributed by atoms with Crippen molar-refractivity contribution in [1.29, 1.82) is 0 Å². The maximum absolute atomic E-state index is 4.80. The zero-order valence-corrected chi connectivity index (χ0v) is 15.6. The van der Waals surface area contributed by atoms with Crippen LogP contribution in [-0.2, 0) is 0 Å². The molecule has 0 atom stereocenters. The van der Waals surface area contributed by atoms with Crippen molar-refractivity contribution in [2.75, 3.05) is 0 Å². The lowest BCUT2D eigenvalue weighted by atomic mass is 10.1. The zero-order chi connectivity index (χ0) is 15.0. The third kappa shape index (κ3) is 2.98. The molecule has 3 aromatic rings. The molecule has 0 aliphatic carbocycles.